The fourth-order valence-electron chi connectivity index (χ4n) is 3.17. The summed E-state index contributed by atoms with van der Waals surface area (Å²) in [6.07, 6.45) is 2.79. The topological polar surface area (TPSA) is 38.8 Å². The standard InChI is InChI=1S/C18H21NO3S2/c1-21-14-9-12-6-7-19(17(20)11-23-3)18(16-5-4-8-24-16)13(12)10-15(14)22-2/h4-5,8-10,18H,6-7,11H2,1-3H3. The maximum atomic E-state index is 12.6. The summed E-state index contributed by atoms with van der Waals surface area (Å²) in [5.74, 6) is 2.13. The van der Waals surface area contributed by atoms with Gasteiger partial charge in [0.2, 0.25) is 5.91 Å². The number of carbonyl (C=O) groups excluding carboxylic acids is 1. The summed E-state index contributed by atoms with van der Waals surface area (Å²) in [5.41, 5.74) is 2.36. The van der Waals surface area contributed by atoms with Crippen molar-refractivity contribution in [3.8, 4) is 11.5 Å². The zero-order valence-electron chi connectivity index (χ0n) is 14.1. The predicted molar refractivity (Wildman–Crippen MR) is 99.5 cm³/mol. The molecule has 1 atom stereocenters. The van der Waals surface area contributed by atoms with E-state index in [0.29, 0.717) is 11.5 Å². The van der Waals surface area contributed by atoms with Crippen LogP contribution in [0.4, 0.5) is 0 Å². The molecule has 2 aromatic rings. The summed E-state index contributed by atoms with van der Waals surface area (Å²) in [4.78, 5) is 15.8. The monoisotopic (exact) mass is 363 g/mol. The summed E-state index contributed by atoms with van der Waals surface area (Å²) in [6, 6.07) is 8.16. The van der Waals surface area contributed by atoms with Crippen LogP contribution in [0.15, 0.2) is 29.6 Å². The van der Waals surface area contributed by atoms with Crippen LogP contribution < -0.4 is 9.47 Å². The number of amides is 1. The summed E-state index contributed by atoms with van der Waals surface area (Å²) in [6.45, 7) is 0.727. The van der Waals surface area contributed by atoms with E-state index in [1.54, 1.807) is 37.3 Å². The number of hydrogen-bond donors (Lipinski definition) is 0. The molecule has 24 heavy (non-hydrogen) atoms. The van der Waals surface area contributed by atoms with Gasteiger partial charge in [0.15, 0.2) is 11.5 Å². The molecule has 0 saturated carbocycles. The first-order valence-electron chi connectivity index (χ1n) is 7.76. The van der Waals surface area contributed by atoms with Crippen molar-refractivity contribution in [3.63, 3.8) is 0 Å². The largest absolute Gasteiger partial charge is 0.493 e. The number of thioether (sulfide) groups is 1. The van der Waals surface area contributed by atoms with Crippen molar-refractivity contribution in [2.24, 2.45) is 0 Å². The SMILES string of the molecule is COc1cc2c(cc1OC)C(c1cccs1)N(C(=O)CSC)CC2. The van der Waals surface area contributed by atoms with Gasteiger partial charge in [0.05, 0.1) is 26.0 Å². The average Bonchev–Trinajstić information content (AvgIpc) is 3.13. The van der Waals surface area contributed by atoms with Crippen molar-refractivity contribution < 1.29 is 14.3 Å². The highest BCUT2D eigenvalue weighted by Crippen LogP contribution is 2.42. The van der Waals surface area contributed by atoms with Gasteiger partial charge >= 0.3 is 0 Å². The Morgan fingerprint density at radius 3 is 2.71 bits per heavy atom. The minimum absolute atomic E-state index is 0.0480. The van der Waals surface area contributed by atoms with Crippen LogP contribution in [0, 0.1) is 0 Å². The van der Waals surface area contributed by atoms with Gasteiger partial charge in [-0.2, -0.15) is 11.8 Å². The first-order valence-corrected chi connectivity index (χ1v) is 10.0. The Morgan fingerprint density at radius 2 is 2.08 bits per heavy atom. The van der Waals surface area contributed by atoms with Crippen molar-refractivity contribution in [1.82, 2.24) is 4.90 Å². The highest BCUT2D eigenvalue weighted by Gasteiger charge is 2.33. The number of methoxy groups -OCH3 is 2. The van der Waals surface area contributed by atoms with E-state index < -0.39 is 0 Å². The molecule has 1 aliphatic rings. The minimum Gasteiger partial charge on any atom is -0.493 e. The number of nitrogens with zero attached hydrogens (tertiary/aromatic N) is 1. The third kappa shape index (κ3) is 3.13. The van der Waals surface area contributed by atoms with Gasteiger partial charge in [-0.3, -0.25) is 4.79 Å². The Balaban J connectivity index is 2.10. The van der Waals surface area contributed by atoms with E-state index in [-0.39, 0.29) is 11.9 Å². The molecule has 4 nitrogen and oxygen atoms in total. The molecule has 0 bridgehead atoms. The summed E-state index contributed by atoms with van der Waals surface area (Å²) < 4.78 is 10.9. The van der Waals surface area contributed by atoms with Gasteiger partial charge in [-0.15, -0.1) is 11.3 Å². The van der Waals surface area contributed by atoms with Crippen molar-refractivity contribution in [1.29, 1.82) is 0 Å². The lowest BCUT2D eigenvalue weighted by Crippen LogP contribution is -2.41. The smallest absolute Gasteiger partial charge is 0.233 e. The summed E-state index contributed by atoms with van der Waals surface area (Å²) >= 11 is 3.25. The second-order valence-corrected chi connectivity index (χ2v) is 7.44. The van der Waals surface area contributed by atoms with Gasteiger partial charge in [-0.25, -0.2) is 0 Å². The molecule has 1 aromatic carbocycles. The molecule has 0 aliphatic carbocycles. The van der Waals surface area contributed by atoms with E-state index in [1.807, 2.05) is 29.4 Å². The van der Waals surface area contributed by atoms with E-state index in [0.717, 1.165) is 24.3 Å². The van der Waals surface area contributed by atoms with Crippen LogP contribution in [-0.2, 0) is 11.2 Å². The molecule has 0 radical (unpaired) electrons. The third-order valence-electron chi connectivity index (χ3n) is 4.27. The van der Waals surface area contributed by atoms with Crippen molar-refractivity contribution in [2.75, 3.05) is 32.8 Å². The average molecular weight is 364 g/mol. The maximum absolute atomic E-state index is 12.6. The normalized spacial score (nSPS) is 16.6. The lowest BCUT2D eigenvalue weighted by molar-refractivity contribution is -0.130. The van der Waals surface area contributed by atoms with Crippen LogP contribution in [0.5, 0.6) is 11.5 Å². The first-order chi connectivity index (χ1) is 11.7. The minimum atomic E-state index is -0.0480. The summed E-state index contributed by atoms with van der Waals surface area (Å²) in [7, 11) is 3.29. The van der Waals surface area contributed by atoms with E-state index in [2.05, 4.69) is 11.4 Å². The quantitative estimate of drug-likeness (QED) is 0.814. The molecule has 1 amide bonds. The molecular weight excluding hydrogens is 342 g/mol. The first kappa shape index (κ1) is 17.2. The zero-order valence-corrected chi connectivity index (χ0v) is 15.7. The van der Waals surface area contributed by atoms with Crippen LogP contribution >= 0.6 is 23.1 Å². The van der Waals surface area contributed by atoms with E-state index >= 15 is 0 Å². The lowest BCUT2D eigenvalue weighted by Gasteiger charge is -2.37. The molecule has 1 aromatic heterocycles. The van der Waals surface area contributed by atoms with Crippen molar-refractivity contribution in [2.45, 2.75) is 12.5 Å². The van der Waals surface area contributed by atoms with Crippen LogP contribution in [-0.4, -0.2) is 43.6 Å². The molecule has 1 unspecified atom stereocenters. The zero-order chi connectivity index (χ0) is 17.1. The summed E-state index contributed by atoms with van der Waals surface area (Å²) in [5, 5.41) is 2.06. The number of carbonyl (C=O) groups is 1. The van der Waals surface area contributed by atoms with Crippen LogP contribution in [0.1, 0.15) is 22.0 Å². The molecule has 0 spiro atoms. The fraction of sp³-hybridized carbons (Fsp3) is 0.389. The second-order valence-electron chi connectivity index (χ2n) is 5.59. The van der Waals surface area contributed by atoms with Gasteiger partial charge in [-0.05, 0) is 47.4 Å². The Hall–Kier alpha value is -1.66. The van der Waals surface area contributed by atoms with Gasteiger partial charge in [0.1, 0.15) is 0 Å². The molecule has 0 saturated heterocycles. The Labute approximate surface area is 150 Å². The van der Waals surface area contributed by atoms with Gasteiger partial charge in [-0.1, -0.05) is 6.07 Å². The fourth-order valence-corrected chi connectivity index (χ4v) is 4.44. The molecule has 0 fully saturated rings. The second kappa shape index (κ2) is 7.49. The Bertz CT molecular complexity index is 715. The van der Waals surface area contributed by atoms with Crippen LogP contribution in [0.25, 0.3) is 0 Å². The predicted octanol–water partition coefficient (Wildman–Crippen LogP) is 3.60. The van der Waals surface area contributed by atoms with Gasteiger partial charge in [0.25, 0.3) is 0 Å². The number of fused-ring (bicyclic) bond motifs is 1. The number of rotatable bonds is 5. The van der Waals surface area contributed by atoms with E-state index in [4.69, 9.17) is 9.47 Å². The third-order valence-corrected chi connectivity index (χ3v) is 5.73. The number of benzene rings is 1. The lowest BCUT2D eigenvalue weighted by atomic mass is 9.91. The van der Waals surface area contributed by atoms with Gasteiger partial charge in [0, 0.05) is 11.4 Å². The maximum Gasteiger partial charge on any atom is 0.233 e. The number of thiophene rings is 1. The molecule has 0 N–H and O–H groups in total. The van der Waals surface area contributed by atoms with Crippen molar-refractivity contribution in [3.05, 3.63) is 45.6 Å². The van der Waals surface area contributed by atoms with Gasteiger partial charge < -0.3 is 14.4 Å². The molecule has 3 rings (SSSR count). The molecule has 128 valence electrons. The molecule has 6 heteroatoms. The number of hydrogen-bond acceptors (Lipinski definition) is 5. The van der Waals surface area contributed by atoms with Crippen LogP contribution in [0.3, 0.4) is 0 Å². The highest BCUT2D eigenvalue weighted by atomic mass is 32.2. The highest BCUT2D eigenvalue weighted by molar-refractivity contribution is 7.99. The molecule has 2 heterocycles. The molecular formula is C18H21NO3S2. The molecule has 1 aliphatic heterocycles. The Kier molecular flexibility index (Phi) is 5.36. The van der Waals surface area contributed by atoms with E-state index in [1.165, 1.54) is 10.4 Å². The number of ether oxygens (including phenoxy) is 2. The van der Waals surface area contributed by atoms with Crippen molar-refractivity contribution >= 4 is 29.0 Å². The van der Waals surface area contributed by atoms with Crippen LogP contribution in [0.2, 0.25) is 0 Å². The van der Waals surface area contributed by atoms with E-state index in [9.17, 15) is 4.79 Å². The Morgan fingerprint density at radius 1 is 1.33 bits per heavy atom.